The summed E-state index contributed by atoms with van der Waals surface area (Å²) < 4.78 is 27.6. The number of piperazine rings is 1. The third kappa shape index (κ3) is 7.44. The van der Waals surface area contributed by atoms with E-state index in [-0.39, 0.29) is 6.03 Å². The van der Waals surface area contributed by atoms with E-state index in [4.69, 9.17) is 0 Å². The van der Waals surface area contributed by atoms with Gasteiger partial charge in [-0.05, 0) is 48.6 Å². The van der Waals surface area contributed by atoms with Gasteiger partial charge in [-0.1, -0.05) is 82.7 Å². The lowest BCUT2D eigenvalue weighted by atomic mass is 9.49. The molecule has 4 aliphatic rings. The standard InChI is InChI=1S/C31H50N4O3S/c1-4-5-6-7-8-12-17-32-30(36)34(25-26-15-16-27-24-29(26)31(27,2)3)21-18-33-19-22-35(23-20-33)39(37,38)28-13-10-9-11-14-28/h9-11,13-15,27,29H,4-8,12,16-25H2,1-3H3,(H,32,36). The van der Waals surface area contributed by atoms with Gasteiger partial charge in [0.2, 0.25) is 10.0 Å². The monoisotopic (exact) mass is 558 g/mol. The van der Waals surface area contributed by atoms with Crippen LogP contribution in [0.1, 0.15) is 72.1 Å². The lowest BCUT2D eigenvalue weighted by Gasteiger charge is -2.57. The van der Waals surface area contributed by atoms with Crippen molar-refractivity contribution in [1.29, 1.82) is 0 Å². The maximum absolute atomic E-state index is 13.3. The first-order valence-corrected chi connectivity index (χ1v) is 16.7. The van der Waals surface area contributed by atoms with E-state index in [1.54, 1.807) is 28.6 Å². The topological polar surface area (TPSA) is 73.0 Å². The second-order valence-corrected chi connectivity index (χ2v) is 14.2. The fourth-order valence-corrected chi connectivity index (χ4v) is 7.98. The maximum Gasteiger partial charge on any atom is 0.317 e. The van der Waals surface area contributed by atoms with Crippen LogP contribution in [0.3, 0.4) is 0 Å². The van der Waals surface area contributed by atoms with Gasteiger partial charge < -0.3 is 10.2 Å². The van der Waals surface area contributed by atoms with Crippen LogP contribution in [0.15, 0.2) is 46.9 Å². The third-order valence-electron chi connectivity index (χ3n) is 9.45. The Morgan fingerprint density at radius 2 is 1.72 bits per heavy atom. The van der Waals surface area contributed by atoms with E-state index in [1.165, 1.54) is 44.1 Å². The highest BCUT2D eigenvalue weighted by molar-refractivity contribution is 7.89. The molecule has 0 radical (unpaired) electrons. The Labute approximate surface area is 237 Å². The number of carbonyl (C=O) groups excluding carboxylic acids is 1. The summed E-state index contributed by atoms with van der Waals surface area (Å²) in [6, 6.07) is 8.72. The number of benzene rings is 1. The van der Waals surface area contributed by atoms with Crippen LogP contribution in [0.2, 0.25) is 0 Å². The second-order valence-electron chi connectivity index (χ2n) is 12.3. The number of sulfonamides is 1. The molecule has 1 aromatic rings. The smallest absolute Gasteiger partial charge is 0.317 e. The molecule has 1 N–H and O–H groups in total. The van der Waals surface area contributed by atoms with Crippen molar-refractivity contribution in [2.75, 3.05) is 52.4 Å². The molecule has 1 aromatic carbocycles. The van der Waals surface area contributed by atoms with Gasteiger partial charge in [-0.15, -0.1) is 0 Å². The van der Waals surface area contributed by atoms with Crippen LogP contribution in [0, 0.1) is 17.3 Å². The van der Waals surface area contributed by atoms with Gasteiger partial charge in [-0.25, -0.2) is 13.2 Å². The number of hydrogen-bond donors (Lipinski definition) is 1. The Kier molecular flexibility index (Phi) is 10.5. The summed E-state index contributed by atoms with van der Waals surface area (Å²) in [5.41, 5.74) is 1.77. The Hall–Kier alpha value is -1.90. The SMILES string of the molecule is CCCCCCCCNC(=O)N(CCN1CCN(S(=O)(=O)c2ccccc2)CC1)CC1=CCC2CC1C2(C)C. The lowest BCUT2D eigenvalue weighted by Crippen LogP contribution is -2.53. The summed E-state index contributed by atoms with van der Waals surface area (Å²) in [7, 11) is -3.46. The molecule has 8 heteroatoms. The maximum atomic E-state index is 13.3. The zero-order valence-electron chi connectivity index (χ0n) is 24.4. The number of carbonyl (C=O) groups is 1. The fraction of sp³-hybridized carbons (Fsp3) is 0.710. The van der Waals surface area contributed by atoms with Crippen LogP contribution < -0.4 is 5.32 Å². The number of rotatable bonds is 14. The van der Waals surface area contributed by atoms with Crippen LogP contribution >= 0.6 is 0 Å². The molecular weight excluding hydrogens is 508 g/mol. The summed E-state index contributed by atoms with van der Waals surface area (Å²) in [6.07, 6.45) is 12.0. The highest BCUT2D eigenvalue weighted by Gasteiger charge is 2.51. The fourth-order valence-electron chi connectivity index (χ4n) is 6.54. The van der Waals surface area contributed by atoms with E-state index in [9.17, 15) is 13.2 Å². The summed E-state index contributed by atoms with van der Waals surface area (Å²) >= 11 is 0. The van der Waals surface area contributed by atoms with Gasteiger partial charge in [0.05, 0.1) is 4.90 Å². The number of hydrogen-bond acceptors (Lipinski definition) is 4. The molecule has 2 bridgehead atoms. The highest BCUT2D eigenvalue weighted by Crippen LogP contribution is 2.59. The first kappa shape index (κ1) is 30.1. The van der Waals surface area contributed by atoms with Crippen LogP contribution in [-0.2, 0) is 10.0 Å². The quantitative estimate of drug-likeness (QED) is 0.247. The molecule has 2 unspecified atom stereocenters. The predicted octanol–water partition coefficient (Wildman–Crippen LogP) is 5.36. The van der Waals surface area contributed by atoms with E-state index in [2.05, 4.69) is 37.1 Å². The van der Waals surface area contributed by atoms with Crippen molar-refractivity contribution in [2.45, 2.75) is 77.0 Å². The molecule has 2 atom stereocenters. The van der Waals surface area contributed by atoms with Gasteiger partial charge in [0, 0.05) is 52.4 Å². The molecule has 3 aliphatic carbocycles. The van der Waals surface area contributed by atoms with Crippen LogP contribution in [0.5, 0.6) is 0 Å². The molecule has 39 heavy (non-hydrogen) atoms. The van der Waals surface area contributed by atoms with Crippen molar-refractivity contribution in [3.8, 4) is 0 Å². The Bertz CT molecular complexity index is 1060. The zero-order valence-corrected chi connectivity index (χ0v) is 25.2. The van der Waals surface area contributed by atoms with Gasteiger partial charge in [0.25, 0.3) is 0 Å². The van der Waals surface area contributed by atoms with Crippen molar-refractivity contribution in [3.05, 3.63) is 42.0 Å². The van der Waals surface area contributed by atoms with Crippen molar-refractivity contribution in [3.63, 3.8) is 0 Å². The molecule has 218 valence electrons. The van der Waals surface area contributed by atoms with Gasteiger partial charge >= 0.3 is 6.03 Å². The second kappa shape index (κ2) is 13.6. The first-order valence-electron chi connectivity index (χ1n) is 15.2. The number of fused-ring (bicyclic) bond motifs is 1. The normalized spacial score (nSPS) is 23.1. The number of nitrogens with one attached hydrogen (secondary N) is 1. The van der Waals surface area contributed by atoms with E-state index in [1.807, 2.05) is 11.0 Å². The van der Waals surface area contributed by atoms with Gasteiger partial charge in [0.1, 0.15) is 0 Å². The average molecular weight is 559 g/mol. The predicted molar refractivity (Wildman–Crippen MR) is 158 cm³/mol. The molecule has 5 rings (SSSR count). The highest BCUT2D eigenvalue weighted by atomic mass is 32.2. The van der Waals surface area contributed by atoms with E-state index in [0.29, 0.717) is 55.5 Å². The minimum absolute atomic E-state index is 0.0361. The Balaban J connectivity index is 1.29. The average Bonchev–Trinajstić information content (AvgIpc) is 2.95. The molecule has 1 saturated heterocycles. The number of amides is 2. The first-order chi connectivity index (χ1) is 18.7. The molecular formula is C31H50N4O3S. The minimum Gasteiger partial charge on any atom is -0.338 e. The van der Waals surface area contributed by atoms with E-state index >= 15 is 0 Å². The van der Waals surface area contributed by atoms with Crippen molar-refractivity contribution in [1.82, 2.24) is 19.4 Å². The molecule has 7 nitrogen and oxygen atoms in total. The number of unbranched alkanes of at least 4 members (excludes halogenated alkanes) is 5. The van der Waals surface area contributed by atoms with Crippen LogP contribution in [0.4, 0.5) is 4.79 Å². The Morgan fingerprint density at radius 3 is 2.38 bits per heavy atom. The summed E-state index contributed by atoms with van der Waals surface area (Å²) in [5, 5.41) is 3.20. The molecule has 0 aromatic heterocycles. The van der Waals surface area contributed by atoms with E-state index in [0.717, 1.165) is 31.8 Å². The molecule has 2 amide bonds. The van der Waals surface area contributed by atoms with Crippen molar-refractivity contribution >= 4 is 16.1 Å². The van der Waals surface area contributed by atoms with Gasteiger partial charge in [-0.3, -0.25) is 4.90 Å². The van der Waals surface area contributed by atoms with Crippen LogP contribution in [-0.4, -0.2) is 80.9 Å². The molecule has 2 fully saturated rings. The van der Waals surface area contributed by atoms with Crippen molar-refractivity contribution < 1.29 is 13.2 Å². The third-order valence-corrected chi connectivity index (χ3v) is 11.4. The van der Waals surface area contributed by atoms with E-state index < -0.39 is 10.0 Å². The largest absolute Gasteiger partial charge is 0.338 e. The molecule has 1 saturated carbocycles. The minimum atomic E-state index is -3.46. The molecule has 1 heterocycles. The zero-order chi connectivity index (χ0) is 27.9. The number of urea groups is 1. The summed E-state index contributed by atoms with van der Waals surface area (Å²) in [6.45, 7) is 12.1. The number of allylic oxidation sites excluding steroid dienone is 1. The van der Waals surface area contributed by atoms with Crippen LogP contribution in [0.25, 0.3) is 0 Å². The van der Waals surface area contributed by atoms with Crippen molar-refractivity contribution in [2.24, 2.45) is 17.3 Å². The number of nitrogens with zero attached hydrogens (tertiary/aromatic N) is 3. The summed E-state index contributed by atoms with van der Waals surface area (Å²) in [5.74, 6) is 1.36. The summed E-state index contributed by atoms with van der Waals surface area (Å²) in [4.78, 5) is 18.0. The van der Waals surface area contributed by atoms with Gasteiger partial charge in [0.15, 0.2) is 0 Å². The Morgan fingerprint density at radius 1 is 1.03 bits per heavy atom. The van der Waals surface area contributed by atoms with Gasteiger partial charge in [-0.2, -0.15) is 4.31 Å². The lowest BCUT2D eigenvalue weighted by molar-refractivity contribution is -0.00981. The molecule has 0 spiro atoms. The molecule has 1 aliphatic heterocycles.